The van der Waals surface area contributed by atoms with Crippen LogP contribution in [-0.2, 0) is 42.6 Å². The van der Waals surface area contributed by atoms with Crippen molar-refractivity contribution in [2.24, 2.45) is 0 Å². The second-order valence-electron chi connectivity index (χ2n) is 6.11. The molecule has 3 aliphatic rings. The lowest BCUT2D eigenvalue weighted by atomic mass is 10.3. The maximum Gasteiger partial charge on any atom is 0.508 e. The molecule has 0 saturated carbocycles. The third kappa shape index (κ3) is 5.58. The minimum atomic E-state index is -1.66. The van der Waals surface area contributed by atoms with Crippen LogP contribution in [0, 0.1) is 0 Å². The molecule has 13 nitrogen and oxygen atoms in total. The molecule has 3 unspecified atom stereocenters. The molecule has 3 atom stereocenters. The SMILES string of the molecule is O=C1OCC(COCC(CO)(OCC2COC(=O)O2)OCC2COC(=O)O2)O1. The van der Waals surface area contributed by atoms with Gasteiger partial charge in [0, 0.05) is 0 Å². The number of rotatable bonds is 11. The number of aliphatic hydroxyl groups is 1. The zero-order valence-corrected chi connectivity index (χ0v) is 14.7. The van der Waals surface area contributed by atoms with Crippen LogP contribution < -0.4 is 0 Å². The predicted molar refractivity (Wildman–Crippen MR) is 81.2 cm³/mol. The Bertz CT molecular complexity index is 548. The molecule has 13 heteroatoms. The zero-order chi connectivity index (χ0) is 20.0. The summed E-state index contributed by atoms with van der Waals surface area (Å²) in [7, 11) is 0. The molecule has 158 valence electrons. The Morgan fingerprint density at radius 1 is 0.786 bits per heavy atom. The maximum absolute atomic E-state index is 11.0. The first-order valence-corrected chi connectivity index (χ1v) is 8.45. The van der Waals surface area contributed by atoms with Crippen LogP contribution in [0.1, 0.15) is 0 Å². The predicted octanol–water partition coefficient (Wildman–Crippen LogP) is -0.669. The van der Waals surface area contributed by atoms with Gasteiger partial charge in [0.05, 0.1) is 26.4 Å². The number of hydrogen-bond acceptors (Lipinski definition) is 13. The zero-order valence-electron chi connectivity index (χ0n) is 14.7. The van der Waals surface area contributed by atoms with Crippen molar-refractivity contribution in [3.8, 4) is 0 Å². The first-order chi connectivity index (χ1) is 13.5. The summed E-state index contributed by atoms with van der Waals surface area (Å²) in [5.41, 5.74) is 0. The summed E-state index contributed by atoms with van der Waals surface area (Å²) in [5.74, 6) is -1.66. The van der Waals surface area contributed by atoms with Gasteiger partial charge in [0.15, 0.2) is 18.3 Å². The highest BCUT2D eigenvalue weighted by Gasteiger charge is 2.38. The average Bonchev–Trinajstić information content (AvgIpc) is 3.39. The maximum atomic E-state index is 11.0. The summed E-state index contributed by atoms with van der Waals surface area (Å²) in [6.45, 7) is -1.18. The van der Waals surface area contributed by atoms with E-state index in [9.17, 15) is 19.5 Å². The molecule has 28 heavy (non-hydrogen) atoms. The Hall–Kier alpha value is -2.35. The molecule has 0 aromatic carbocycles. The Kier molecular flexibility index (Phi) is 6.72. The van der Waals surface area contributed by atoms with Gasteiger partial charge in [-0.05, 0) is 0 Å². The first kappa shape index (κ1) is 20.4. The highest BCUT2D eigenvalue weighted by Crippen LogP contribution is 2.20. The molecule has 0 aromatic heterocycles. The van der Waals surface area contributed by atoms with E-state index in [1.54, 1.807) is 0 Å². The van der Waals surface area contributed by atoms with E-state index in [2.05, 4.69) is 14.2 Å². The van der Waals surface area contributed by atoms with E-state index in [0.29, 0.717) is 0 Å². The van der Waals surface area contributed by atoms with Crippen molar-refractivity contribution in [3.05, 3.63) is 0 Å². The number of aliphatic hydroxyl groups excluding tert-OH is 1. The van der Waals surface area contributed by atoms with E-state index >= 15 is 0 Å². The van der Waals surface area contributed by atoms with Gasteiger partial charge in [-0.15, -0.1) is 0 Å². The largest absolute Gasteiger partial charge is 0.508 e. The van der Waals surface area contributed by atoms with E-state index in [0.717, 1.165) is 0 Å². The van der Waals surface area contributed by atoms with Crippen molar-refractivity contribution in [1.82, 2.24) is 0 Å². The molecule has 3 aliphatic heterocycles. The Morgan fingerprint density at radius 3 is 1.57 bits per heavy atom. The Balaban J connectivity index is 1.52. The lowest BCUT2D eigenvalue weighted by Gasteiger charge is -2.33. The van der Waals surface area contributed by atoms with Crippen molar-refractivity contribution < 1.29 is 62.1 Å². The van der Waals surface area contributed by atoms with Crippen LogP contribution in [0.3, 0.4) is 0 Å². The van der Waals surface area contributed by atoms with Crippen LogP contribution >= 0.6 is 0 Å². The molecule has 3 saturated heterocycles. The molecule has 3 heterocycles. The third-order valence-electron chi connectivity index (χ3n) is 3.88. The lowest BCUT2D eigenvalue weighted by molar-refractivity contribution is -0.288. The molecular formula is C15H20O13. The fourth-order valence-electron chi connectivity index (χ4n) is 2.44. The number of carbonyl (C=O) groups excluding carboxylic acids is 3. The summed E-state index contributed by atoms with van der Waals surface area (Å²) < 4.78 is 45.2. The highest BCUT2D eigenvalue weighted by atomic mass is 16.8. The molecule has 0 radical (unpaired) electrons. The molecule has 3 rings (SSSR count). The number of cyclic esters (lactones) is 6. The van der Waals surface area contributed by atoms with Gasteiger partial charge in [-0.2, -0.15) is 0 Å². The molecule has 1 N–H and O–H groups in total. The van der Waals surface area contributed by atoms with Crippen LogP contribution in [0.15, 0.2) is 0 Å². The monoisotopic (exact) mass is 408 g/mol. The highest BCUT2D eigenvalue weighted by molar-refractivity contribution is 5.62. The van der Waals surface area contributed by atoms with Gasteiger partial charge in [0.2, 0.25) is 5.79 Å². The van der Waals surface area contributed by atoms with Crippen molar-refractivity contribution in [3.63, 3.8) is 0 Å². The van der Waals surface area contributed by atoms with Gasteiger partial charge in [0.25, 0.3) is 0 Å². The standard InChI is InChI=1S/C15H20O13/c16-7-15(24-5-10-3-22-13(18)27-10,25-6-11-4-23-14(19)28-11)8-20-1-9-2-21-12(17)26-9/h9-11,16H,1-8H2. The fourth-order valence-corrected chi connectivity index (χ4v) is 2.44. The number of carbonyl (C=O) groups is 3. The summed E-state index contributed by atoms with van der Waals surface area (Å²) >= 11 is 0. The van der Waals surface area contributed by atoms with Gasteiger partial charge in [-0.25, -0.2) is 14.4 Å². The number of ether oxygens (including phenoxy) is 9. The lowest BCUT2D eigenvalue weighted by Crippen LogP contribution is -2.48. The van der Waals surface area contributed by atoms with Crippen molar-refractivity contribution >= 4 is 18.5 Å². The quantitative estimate of drug-likeness (QED) is 0.261. The average molecular weight is 408 g/mol. The van der Waals surface area contributed by atoms with Gasteiger partial charge >= 0.3 is 18.5 Å². The third-order valence-corrected chi connectivity index (χ3v) is 3.88. The minimum Gasteiger partial charge on any atom is -0.430 e. The smallest absolute Gasteiger partial charge is 0.430 e. The van der Waals surface area contributed by atoms with Crippen LogP contribution in [0.25, 0.3) is 0 Å². The molecule has 0 bridgehead atoms. The Morgan fingerprint density at radius 2 is 1.21 bits per heavy atom. The molecule has 0 amide bonds. The van der Waals surface area contributed by atoms with Gasteiger partial charge in [0.1, 0.15) is 26.4 Å². The topological polar surface area (TPSA) is 155 Å². The second kappa shape index (κ2) is 9.23. The molecule has 0 spiro atoms. The summed E-state index contributed by atoms with van der Waals surface area (Å²) in [5, 5.41) is 9.84. The summed E-state index contributed by atoms with van der Waals surface area (Å²) in [6.07, 6.45) is -4.40. The number of hydrogen-bond donors (Lipinski definition) is 1. The van der Waals surface area contributed by atoms with E-state index in [4.69, 9.17) is 28.4 Å². The van der Waals surface area contributed by atoms with Crippen LogP contribution in [-0.4, -0.2) is 101 Å². The van der Waals surface area contributed by atoms with E-state index in [1.165, 1.54) is 0 Å². The van der Waals surface area contributed by atoms with E-state index in [1.807, 2.05) is 0 Å². The molecule has 0 aliphatic carbocycles. The Labute approximate surface area is 158 Å². The van der Waals surface area contributed by atoms with Crippen LogP contribution in [0.4, 0.5) is 14.4 Å². The molecule has 0 aromatic rings. The molecule has 3 fully saturated rings. The van der Waals surface area contributed by atoms with E-state index in [-0.39, 0.29) is 46.2 Å². The van der Waals surface area contributed by atoms with Gasteiger partial charge in [-0.1, -0.05) is 0 Å². The molecular weight excluding hydrogens is 388 g/mol. The first-order valence-electron chi connectivity index (χ1n) is 8.45. The van der Waals surface area contributed by atoms with Crippen LogP contribution in [0.2, 0.25) is 0 Å². The van der Waals surface area contributed by atoms with E-state index < -0.39 is 49.2 Å². The van der Waals surface area contributed by atoms with Gasteiger partial charge < -0.3 is 47.7 Å². The van der Waals surface area contributed by atoms with Crippen LogP contribution in [0.5, 0.6) is 0 Å². The van der Waals surface area contributed by atoms with Crippen molar-refractivity contribution in [2.45, 2.75) is 24.1 Å². The van der Waals surface area contributed by atoms with Crippen molar-refractivity contribution in [1.29, 1.82) is 0 Å². The summed E-state index contributed by atoms with van der Waals surface area (Å²) in [4.78, 5) is 32.9. The fraction of sp³-hybridized carbons (Fsp3) is 0.800. The summed E-state index contributed by atoms with van der Waals surface area (Å²) in [6, 6.07) is 0. The minimum absolute atomic E-state index is 0.00928. The second-order valence-corrected chi connectivity index (χ2v) is 6.11. The van der Waals surface area contributed by atoms with Crippen molar-refractivity contribution in [2.75, 3.05) is 52.9 Å². The normalized spacial score (nSPS) is 28.6. The van der Waals surface area contributed by atoms with Gasteiger partial charge in [-0.3, -0.25) is 0 Å².